The van der Waals surface area contributed by atoms with E-state index in [1.165, 1.54) is 94.8 Å². The molecule has 10 heteroatoms. The molecule has 4 amide bonds. The summed E-state index contributed by atoms with van der Waals surface area (Å²) in [7, 11) is 7.21. The van der Waals surface area contributed by atoms with E-state index in [4.69, 9.17) is 4.74 Å². The highest BCUT2D eigenvalue weighted by Crippen LogP contribution is 2.36. The Morgan fingerprint density at radius 1 is 0.365 bits per heavy atom. The summed E-state index contributed by atoms with van der Waals surface area (Å²) in [6.07, 6.45) is 21.8. The zero-order chi connectivity index (χ0) is 53.0. The van der Waals surface area contributed by atoms with Crippen LogP contribution >= 0.6 is 0 Å². The zero-order valence-electron chi connectivity index (χ0n) is 46.0. The lowest BCUT2D eigenvalue weighted by Gasteiger charge is -2.26. The lowest BCUT2D eigenvalue weighted by Crippen LogP contribution is -2.34. The topological polar surface area (TPSA) is 111 Å². The number of hydrogen-bond acceptors (Lipinski definition) is 5. The van der Waals surface area contributed by atoms with E-state index >= 15 is 0 Å². The number of carbonyl (C=O) groups is 4. The van der Waals surface area contributed by atoms with Crippen molar-refractivity contribution in [3.63, 3.8) is 0 Å². The average Bonchev–Trinajstić information content (AvgIpc) is 3.38. The summed E-state index contributed by atoms with van der Waals surface area (Å²) < 4.78 is 5.66. The summed E-state index contributed by atoms with van der Waals surface area (Å²) >= 11 is 0. The number of amides is 4. The molecule has 1 N–H and O–H groups in total. The minimum absolute atomic E-state index is 0.168. The van der Waals surface area contributed by atoms with Gasteiger partial charge < -0.3 is 29.4 Å². The summed E-state index contributed by atoms with van der Waals surface area (Å²) in [6, 6.07) is 33.0. The third-order valence-corrected chi connectivity index (χ3v) is 14.8. The first-order chi connectivity index (χ1) is 35.6. The Morgan fingerprint density at radius 2 is 0.581 bits per heavy atom. The fourth-order valence-corrected chi connectivity index (χ4v) is 10.7. The molecule has 0 unspecified atom stereocenters. The van der Waals surface area contributed by atoms with Crippen LogP contribution in [0.25, 0.3) is 43.1 Å². The lowest BCUT2D eigenvalue weighted by atomic mass is 9.91. The maximum atomic E-state index is 13.4. The van der Waals surface area contributed by atoms with Crippen LogP contribution in [-0.2, 0) is 40.5 Å². The van der Waals surface area contributed by atoms with Gasteiger partial charge in [0.1, 0.15) is 5.60 Å². The SMILES string of the molecule is CN(Cc1c2ccccc2c(CN(C)C(=O)CCCCCCCCCCCCCCCCCCCCC(=O)N(C)Cc2c3ccccc3c(CN(C)C(=O)OC(C)(C)C)c3ccccc23)c2ccccc12)C(=O)O. The van der Waals surface area contributed by atoms with Crippen LogP contribution in [0.3, 0.4) is 0 Å². The van der Waals surface area contributed by atoms with Crippen LogP contribution in [0, 0.1) is 0 Å². The monoisotopic (exact) mass is 1010 g/mol. The van der Waals surface area contributed by atoms with Crippen molar-refractivity contribution in [1.82, 2.24) is 19.6 Å². The zero-order valence-corrected chi connectivity index (χ0v) is 46.0. The minimum Gasteiger partial charge on any atom is -0.465 e. The van der Waals surface area contributed by atoms with Gasteiger partial charge in [-0.25, -0.2) is 9.59 Å². The Bertz CT molecular complexity index is 2680. The van der Waals surface area contributed by atoms with E-state index in [0.717, 1.165) is 91.0 Å². The molecule has 0 aromatic heterocycles. The lowest BCUT2D eigenvalue weighted by molar-refractivity contribution is -0.131. The minimum atomic E-state index is -0.959. The number of unbranched alkanes of at least 4 members (excludes halogenated alkanes) is 17. The van der Waals surface area contributed by atoms with Crippen LogP contribution in [0.4, 0.5) is 9.59 Å². The molecule has 0 aliphatic heterocycles. The number of ether oxygens (including phenoxy) is 1. The van der Waals surface area contributed by atoms with Gasteiger partial charge in [0.15, 0.2) is 0 Å². The molecule has 0 radical (unpaired) electrons. The average molecular weight is 1010 g/mol. The normalized spacial score (nSPS) is 11.7. The second-order valence-electron chi connectivity index (χ2n) is 21.9. The molecule has 0 aliphatic rings. The molecule has 6 aromatic carbocycles. The Kier molecular flexibility index (Phi) is 22.0. The third-order valence-electron chi connectivity index (χ3n) is 14.8. The molecule has 10 nitrogen and oxygen atoms in total. The smallest absolute Gasteiger partial charge is 0.410 e. The number of rotatable bonds is 29. The summed E-state index contributed by atoms with van der Waals surface area (Å²) in [5.74, 6) is 0.352. The number of carboxylic acid groups (broad SMARTS) is 1. The third kappa shape index (κ3) is 16.4. The molecule has 6 aromatic rings. The van der Waals surface area contributed by atoms with Crippen molar-refractivity contribution in [1.29, 1.82) is 0 Å². The van der Waals surface area contributed by atoms with E-state index in [1.54, 1.807) is 19.0 Å². The summed E-state index contributed by atoms with van der Waals surface area (Å²) in [6.45, 7) is 7.40. The van der Waals surface area contributed by atoms with E-state index in [-0.39, 0.29) is 17.9 Å². The number of hydrogen-bond donors (Lipinski definition) is 1. The Hall–Kier alpha value is -6.16. The van der Waals surface area contributed by atoms with E-state index in [0.29, 0.717) is 39.0 Å². The van der Waals surface area contributed by atoms with Gasteiger partial charge in [0, 0.05) is 67.2 Å². The van der Waals surface area contributed by atoms with Gasteiger partial charge in [0.25, 0.3) is 0 Å². The van der Waals surface area contributed by atoms with Crippen LogP contribution in [0.5, 0.6) is 0 Å². The standard InChI is InChI=1S/C64H86N4O6/c1-64(2,3)74-63(73)68(7)47-59-54-40-32-28-36-50(54)57(51-37-29-33-41-55(51)59)45-66(5)61(70)43-25-23-21-19-17-15-13-11-9-8-10-12-14-16-18-20-22-24-42-60(69)65(4)44-56-48-34-26-30-38-52(48)58(46-67(6)62(71)72)53-39-31-27-35-49(53)56/h26-41H,8-25,42-47H2,1-7H3,(H,71,72). The molecule has 0 atom stereocenters. The van der Waals surface area contributed by atoms with E-state index in [2.05, 4.69) is 48.5 Å². The van der Waals surface area contributed by atoms with Crippen molar-refractivity contribution in [3.05, 3.63) is 119 Å². The molecule has 0 aliphatic carbocycles. The fourth-order valence-electron chi connectivity index (χ4n) is 10.7. The molecule has 0 spiro atoms. The first kappa shape index (κ1) is 57.1. The van der Waals surface area contributed by atoms with Gasteiger partial charge in [-0.05, 0) is 99.0 Å². The first-order valence-corrected chi connectivity index (χ1v) is 27.8. The van der Waals surface area contributed by atoms with E-state index in [1.807, 2.05) is 93.2 Å². The fraction of sp³-hybridized carbons (Fsp3) is 0.500. The Labute approximate surface area is 442 Å². The van der Waals surface area contributed by atoms with Gasteiger partial charge >= 0.3 is 12.2 Å². The van der Waals surface area contributed by atoms with E-state index < -0.39 is 11.7 Å². The predicted molar refractivity (Wildman–Crippen MR) is 305 cm³/mol. The van der Waals surface area contributed by atoms with Crippen molar-refractivity contribution >= 4 is 67.1 Å². The van der Waals surface area contributed by atoms with Gasteiger partial charge in [-0.1, -0.05) is 200 Å². The highest BCUT2D eigenvalue weighted by molar-refractivity contribution is 6.07. The number of nitrogens with zero attached hydrogens (tertiary/aromatic N) is 4. The van der Waals surface area contributed by atoms with Crippen molar-refractivity contribution in [2.24, 2.45) is 0 Å². The van der Waals surface area contributed by atoms with Crippen LogP contribution in [0.1, 0.15) is 171 Å². The second-order valence-corrected chi connectivity index (χ2v) is 21.9. The molecule has 398 valence electrons. The van der Waals surface area contributed by atoms with Crippen LogP contribution in [0.15, 0.2) is 97.1 Å². The molecule has 0 fully saturated rings. The van der Waals surface area contributed by atoms with Crippen molar-refractivity contribution < 1.29 is 29.0 Å². The Balaban J connectivity index is 0.776. The van der Waals surface area contributed by atoms with Crippen molar-refractivity contribution in [3.8, 4) is 0 Å². The van der Waals surface area contributed by atoms with Crippen LogP contribution in [0.2, 0.25) is 0 Å². The largest absolute Gasteiger partial charge is 0.465 e. The highest BCUT2D eigenvalue weighted by atomic mass is 16.6. The Morgan fingerprint density at radius 3 is 0.811 bits per heavy atom. The highest BCUT2D eigenvalue weighted by Gasteiger charge is 2.24. The molecule has 0 saturated carbocycles. The van der Waals surface area contributed by atoms with Crippen LogP contribution in [-0.4, -0.2) is 82.5 Å². The number of fused-ring (bicyclic) bond motifs is 4. The first-order valence-electron chi connectivity index (χ1n) is 27.8. The molecular formula is C64H86N4O6. The van der Waals surface area contributed by atoms with Gasteiger partial charge in [-0.15, -0.1) is 0 Å². The maximum absolute atomic E-state index is 13.4. The van der Waals surface area contributed by atoms with Gasteiger partial charge in [-0.3, -0.25) is 9.59 Å². The predicted octanol–water partition coefficient (Wildman–Crippen LogP) is 16.2. The van der Waals surface area contributed by atoms with Crippen molar-refractivity contribution in [2.45, 2.75) is 181 Å². The van der Waals surface area contributed by atoms with Crippen molar-refractivity contribution in [2.75, 3.05) is 28.2 Å². The maximum Gasteiger partial charge on any atom is 0.410 e. The number of benzene rings is 6. The second kappa shape index (κ2) is 28.5. The molecule has 6 rings (SSSR count). The molecule has 0 bridgehead atoms. The quantitative estimate of drug-likeness (QED) is 0.0370. The molecule has 74 heavy (non-hydrogen) atoms. The van der Waals surface area contributed by atoms with E-state index in [9.17, 15) is 24.3 Å². The summed E-state index contributed by atoms with van der Waals surface area (Å²) in [4.78, 5) is 58.1. The van der Waals surface area contributed by atoms with Gasteiger partial charge in [0.05, 0.1) is 0 Å². The molecule has 0 heterocycles. The number of carbonyl (C=O) groups excluding carboxylic acids is 3. The van der Waals surface area contributed by atoms with Crippen LogP contribution < -0.4 is 0 Å². The summed E-state index contributed by atoms with van der Waals surface area (Å²) in [5, 5.41) is 18.2. The molecular weight excluding hydrogens is 921 g/mol. The summed E-state index contributed by atoms with van der Waals surface area (Å²) in [5.41, 5.74) is 3.74. The van der Waals surface area contributed by atoms with Gasteiger partial charge in [-0.2, -0.15) is 0 Å². The van der Waals surface area contributed by atoms with Gasteiger partial charge in [0.2, 0.25) is 11.8 Å². The molecule has 0 saturated heterocycles.